The molecule has 0 radical (unpaired) electrons. The lowest BCUT2D eigenvalue weighted by Gasteiger charge is -2.10. The average molecular weight is 510 g/mol. The van der Waals surface area contributed by atoms with Crippen molar-refractivity contribution in [1.29, 1.82) is 0 Å². The van der Waals surface area contributed by atoms with Crippen LogP contribution in [-0.2, 0) is 0 Å². The van der Waals surface area contributed by atoms with Gasteiger partial charge in [-0.3, -0.25) is 10.1 Å². The van der Waals surface area contributed by atoms with E-state index in [4.69, 9.17) is 4.42 Å². The zero-order chi connectivity index (χ0) is 26.3. The van der Waals surface area contributed by atoms with Crippen molar-refractivity contribution in [2.24, 2.45) is 5.10 Å². The molecular weight excluding hydrogens is 491 g/mol. The van der Waals surface area contributed by atoms with Crippen LogP contribution in [0, 0.1) is 15.9 Å². The fourth-order valence-electron chi connectivity index (χ4n) is 3.33. The molecule has 0 fully saturated rings. The molecule has 0 saturated carbocycles. The minimum absolute atomic E-state index is 0.0326. The molecule has 188 valence electrons. The molecule has 38 heavy (non-hydrogen) atoms. The third kappa shape index (κ3) is 6.12. The SMILES string of the molecule is O=[N+]([O-])c1ccc(Nc2nc(N/N=C\c3ccc(-c4ccc(F)cc4)o3)nc(Nc3ccccc3)n2)cc1. The summed E-state index contributed by atoms with van der Waals surface area (Å²) in [4.78, 5) is 23.5. The zero-order valence-corrected chi connectivity index (χ0v) is 19.6. The molecule has 2 heterocycles. The molecule has 0 aliphatic carbocycles. The highest BCUT2D eigenvalue weighted by atomic mass is 19.1. The highest BCUT2D eigenvalue weighted by Crippen LogP contribution is 2.23. The quantitative estimate of drug-likeness (QED) is 0.121. The molecule has 11 nitrogen and oxygen atoms in total. The van der Waals surface area contributed by atoms with Gasteiger partial charge < -0.3 is 15.1 Å². The van der Waals surface area contributed by atoms with Crippen LogP contribution < -0.4 is 16.1 Å². The molecule has 0 saturated heterocycles. The maximum Gasteiger partial charge on any atom is 0.269 e. The molecule has 12 heteroatoms. The lowest BCUT2D eigenvalue weighted by atomic mass is 10.2. The first-order valence-corrected chi connectivity index (χ1v) is 11.3. The Morgan fingerprint density at radius 1 is 0.789 bits per heavy atom. The minimum Gasteiger partial charge on any atom is -0.455 e. The van der Waals surface area contributed by atoms with E-state index >= 15 is 0 Å². The number of hydrogen-bond acceptors (Lipinski definition) is 10. The van der Waals surface area contributed by atoms with E-state index in [0.717, 1.165) is 11.3 Å². The van der Waals surface area contributed by atoms with E-state index in [1.807, 2.05) is 30.3 Å². The standard InChI is InChI=1S/C26H19FN8O3/c27-18-8-6-17(7-9-18)23-15-14-22(38-23)16-28-34-26-32-24(29-19-4-2-1-3-5-19)31-25(33-26)30-20-10-12-21(13-11-20)35(36)37/h1-16H,(H3,29,30,31,32,33,34)/b28-16-. The predicted octanol–water partition coefficient (Wildman–Crippen LogP) is 6.11. The van der Waals surface area contributed by atoms with Gasteiger partial charge in [-0.25, -0.2) is 9.82 Å². The summed E-state index contributed by atoms with van der Waals surface area (Å²) in [6.07, 6.45) is 1.45. The Bertz CT molecular complexity index is 1570. The second-order valence-corrected chi connectivity index (χ2v) is 7.81. The number of halogens is 1. The van der Waals surface area contributed by atoms with Crippen LogP contribution in [-0.4, -0.2) is 26.1 Å². The summed E-state index contributed by atoms with van der Waals surface area (Å²) in [6.45, 7) is 0. The van der Waals surface area contributed by atoms with E-state index in [9.17, 15) is 14.5 Å². The highest BCUT2D eigenvalue weighted by Gasteiger charge is 2.10. The van der Waals surface area contributed by atoms with Crippen LogP contribution in [0.25, 0.3) is 11.3 Å². The van der Waals surface area contributed by atoms with Crippen LogP contribution in [0.4, 0.5) is 39.3 Å². The summed E-state index contributed by atoms with van der Waals surface area (Å²) in [5.41, 5.74) is 4.76. The predicted molar refractivity (Wildman–Crippen MR) is 141 cm³/mol. The molecule has 0 unspecified atom stereocenters. The lowest BCUT2D eigenvalue weighted by molar-refractivity contribution is -0.384. The average Bonchev–Trinajstić information content (AvgIpc) is 3.39. The topological polar surface area (TPSA) is 143 Å². The zero-order valence-electron chi connectivity index (χ0n) is 19.6. The fourth-order valence-corrected chi connectivity index (χ4v) is 3.33. The highest BCUT2D eigenvalue weighted by molar-refractivity contribution is 5.78. The van der Waals surface area contributed by atoms with Gasteiger partial charge in [-0.1, -0.05) is 18.2 Å². The number of para-hydroxylation sites is 1. The Hall–Kier alpha value is -5.65. The van der Waals surface area contributed by atoms with Gasteiger partial charge in [0, 0.05) is 29.1 Å². The van der Waals surface area contributed by atoms with Crippen LogP contribution in [0.2, 0.25) is 0 Å². The van der Waals surface area contributed by atoms with Gasteiger partial charge in [-0.05, 0) is 60.7 Å². The fraction of sp³-hybridized carbons (Fsp3) is 0. The van der Waals surface area contributed by atoms with Crippen molar-refractivity contribution >= 4 is 41.1 Å². The first-order chi connectivity index (χ1) is 18.5. The molecule has 0 aliphatic rings. The van der Waals surface area contributed by atoms with E-state index in [0.29, 0.717) is 17.2 Å². The van der Waals surface area contributed by atoms with Crippen LogP contribution in [0.3, 0.4) is 0 Å². The molecule has 2 aromatic heterocycles. The molecule has 3 N–H and O–H groups in total. The molecule has 0 spiro atoms. The lowest BCUT2D eigenvalue weighted by Crippen LogP contribution is -2.07. The summed E-state index contributed by atoms with van der Waals surface area (Å²) < 4.78 is 18.9. The Morgan fingerprint density at radius 3 is 2.08 bits per heavy atom. The molecule has 0 aliphatic heterocycles. The van der Waals surface area contributed by atoms with Gasteiger partial charge in [0.2, 0.25) is 17.8 Å². The monoisotopic (exact) mass is 510 g/mol. The number of nitro benzene ring substituents is 1. The molecule has 0 atom stereocenters. The maximum atomic E-state index is 13.2. The molecule has 3 aromatic carbocycles. The number of hydrogen-bond donors (Lipinski definition) is 3. The smallest absolute Gasteiger partial charge is 0.269 e. The second-order valence-electron chi connectivity index (χ2n) is 7.81. The van der Waals surface area contributed by atoms with Crippen molar-refractivity contribution in [2.75, 3.05) is 16.1 Å². The largest absolute Gasteiger partial charge is 0.455 e. The van der Waals surface area contributed by atoms with Crippen molar-refractivity contribution in [2.45, 2.75) is 0 Å². The van der Waals surface area contributed by atoms with Gasteiger partial charge in [0.1, 0.15) is 17.3 Å². The molecule has 0 amide bonds. The summed E-state index contributed by atoms with van der Waals surface area (Å²) in [6, 6.07) is 24.6. The van der Waals surface area contributed by atoms with E-state index in [-0.39, 0.29) is 29.3 Å². The molecular formula is C26H19FN8O3. The molecule has 0 bridgehead atoms. The summed E-state index contributed by atoms with van der Waals surface area (Å²) in [7, 11) is 0. The Morgan fingerprint density at radius 2 is 1.42 bits per heavy atom. The number of non-ortho nitro benzene ring substituents is 1. The van der Waals surface area contributed by atoms with Crippen LogP contribution >= 0.6 is 0 Å². The summed E-state index contributed by atoms with van der Waals surface area (Å²) >= 11 is 0. The van der Waals surface area contributed by atoms with Crippen LogP contribution in [0.1, 0.15) is 5.76 Å². The van der Waals surface area contributed by atoms with Gasteiger partial charge >= 0.3 is 0 Å². The molecule has 5 aromatic rings. The van der Waals surface area contributed by atoms with Crippen molar-refractivity contribution in [3.63, 3.8) is 0 Å². The van der Waals surface area contributed by atoms with Crippen LogP contribution in [0.15, 0.2) is 101 Å². The Kier molecular flexibility index (Phi) is 6.93. The van der Waals surface area contributed by atoms with Crippen LogP contribution in [0.5, 0.6) is 0 Å². The second kappa shape index (κ2) is 11.0. The minimum atomic E-state index is -0.476. The summed E-state index contributed by atoms with van der Waals surface area (Å²) in [5.74, 6) is 1.25. The Labute approximate surface area is 215 Å². The number of hydrazone groups is 1. The first-order valence-electron chi connectivity index (χ1n) is 11.3. The van der Waals surface area contributed by atoms with Gasteiger partial charge in [0.05, 0.1) is 11.1 Å². The third-order valence-corrected chi connectivity index (χ3v) is 5.11. The number of nitrogens with zero attached hydrogens (tertiary/aromatic N) is 5. The number of nitro groups is 1. The number of rotatable bonds is 9. The number of anilines is 5. The van der Waals surface area contributed by atoms with Gasteiger partial charge in [-0.15, -0.1) is 0 Å². The normalized spacial score (nSPS) is 10.9. The first kappa shape index (κ1) is 24.1. The summed E-state index contributed by atoms with van der Waals surface area (Å²) in [5, 5.41) is 21.2. The number of benzene rings is 3. The van der Waals surface area contributed by atoms with Gasteiger partial charge in [-0.2, -0.15) is 20.1 Å². The van der Waals surface area contributed by atoms with Crippen molar-refractivity contribution in [1.82, 2.24) is 15.0 Å². The maximum absolute atomic E-state index is 13.2. The Balaban J connectivity index is 1.34. The van der Waals surface area contributed by atoms with E-state index in [2.05, 4.69) is 36.1 Å². The van der Waals surface area contributed by atoms with E-state index in [1.165, 1.54) is 30.5 Å². The van der Waals surface area contributed by atoms with E-state index in [1.54, 1.807) is 36.4 Å². The third-order valence-electron chi connectivity index (χ3n) is 5.11. The van der Waals surface area contributed by atoms with E-state index < -0.39 is 4.92 Å². The van der Waals surface area contributed by atoms with Gasteiger partial charge in [0.25, 0.3) is 5.69 Å². The number of aromatic nitrogens is 3. The van der Waals surface area contributed by atoms with Gasteiger partial charge in [0.15, 0.2) is 0 Å². The van der Waals surface area contributed by atoms with Crippen molar-refractivity contribution < 1.29 is 13.7 Å². The number of furan rings is 1. The van der Waals surface area contributed by atoms with Crippen molar-refractivity contribution in [3.05, 3.63) is 113 Å². The molecule has 5 rings (SSSR count). The van der Waals surface area contributed by atoms with Crippen molar-refractivity contribution in [3.8, 4) is 11.3 Å². The number of nitrogens with one attached hydrogen (secondary N) is 3.